The second-order valence-corrected chi connectivity index (χ2v) is 6.91. The fourth-order valence-electron chi connectivity index (χ4n) is 3.26. The van der Waals surface area contributed by atoms with Crippen molar-refractivity contribution in [3.05, 3.63) is 42.1 Å². The summed E-state index contributed by atoms with van der Waals surface area (Å²) in [6.07, 6.45) is 6.10. The van der Waals surface area contributed by atoms with Gasteiger partial charge in [0.25, 0.3) is 0 Å². The van der Waals surface area contributed by atoms with Crippen molar-refractivity contribution < 1.29 is 5.11 Å². The summed E-state index contributed by atoms with van der Waals surface area (Å²) in [7, 11) is 0. The molecule has 1 aliphatic rings. The van der Waals surface area contributed by atoms with Crippen LogP contribution in [0.4, 0.5) is 0 Å². The van der Waals surface area contributed by atoms with Gasteiger partial charge in [-0.1, -0.05) is 32.0 Å². The Morgan fingerprint density at radius 3 is 2.65 bits per heavy atom. The maximum atomic E-state index is 10.6. The van der Waals surface area contributed by atoms with Crippen LogP contribution in [-0.2, 0) is 0 Å². The molecular weight excluding hydrogens is 246 g/mol. The van der Waals surface area contributed by atoms with E-state index in [2.05, 4.69) is 31.0 Å². The van der Waals surface area contributed by atoms with Crippen LogP contribution in [0.15, 0.2) is 36.5 Å². The second-order valence-electron chi connectivity index (χ2n) is 6.91. The average Bonchev–Trinajstić information content (AvgIpc) is 2.46. The number of fused-ring (bicyclic) bond motifs is 1. The van der Waals surface area contributed by atoms with Crippen LogP contribution in [0.3, 0.4) is 0 Å². The Morgan fingerprint density at radius 2 is 1.90 bits per heavy atom. The van der Waals surface area contributed by atoms with E-state index in [-0.39, 0.29) is 6.10 Å². The van der Waals surface area contributed by atoms with Crippen LogP contribution in [-0.4, -0.2) is 10.1 Å². The quantitative estimate of drug-likeness (QED) is 0.871. The van der Waals surface area contributed by atoms with Crippen LogP contribution in [0.2, 0.25) is 0 Å². The van der Waals surface area contributed by atoms with E-state index in [1.54, 1.807) is 0 Å². The molecule has 1 unspecified atom stereocenters. The van der Waals surface area contributed by atoms with Gasteiger partial charge in [-0.25, -0.2) is 0 Å². The summed E-state index contributed by atoms with van der Waals surface area (Å²) in [4.78, 5) is 4.47. The number of aliphatic hydroxyl groups is 1. The summed E-state index contributed by atoms with van der Waals surface area (Å²) in [6, 6.07) is 10.2. The lowest BCUT2D eigenvalue weighted by atomic mass is 9.71. The highest BCUT2D eigenvalue weighted by Gasteiger charge is 2.31. The first-order valence-corrected chi connectivity index (χ1v) is 7.58. The Bertz CT molecular complexity index is 595. The van der Waals surface area contributed by atoms with Gasteiger partial charge in [-0.05, 0) is 54.7 Å². The number of rotatable bonds is 2. The third-order valence-electron chi connectivity index (χ3n) is 4.78. The molecule has 1 aromatic carbocycles. The van der Waals surface area contributed by atoms with Gasteiger partial charge in [0, 0.05) is 11.6 Å². The Kier molecular flexibility index (Phi) is 3.51. The van der Waals surface area contributed by atoms with Crippen LogP contribution < -0.4 is 0 Å². The Morgan fingerprint density at radius 1 is 1.20 bits per heavy atom. The lowest BCUT2D eigenvalue weighted by Gasteiger charge is -2.36. The SMILES string of the molecule is CC1(C)CCC(C(O)c2cnc3ccccc3c2)CC1. The van der Waals surface area contributed by atoms with E-state index < -0.39 is 0 Å². The van der Waals surface area contributed by atoms with Gasteiger partial charge in [0.05, 0.1) is 11.6 Å². The number of hydrogen-bond acceptors (Lipinski definition) is 2. The van der Waals surface area contributed by atoms with E-state index in [0.717, 1.165) is 29.3 Å². The second kappa shape index (κ2) is 5.17. The highest BCUT2D eigenvalue weighted by Crippen LogP contribution is 2.42. The highest BCUT2D eigenvalue weighted by molar-refractivity contribution is 5.78. The molecule has 2 nitrogen and oxygen atoms in total. The summed E-state index contributed by atoms with van der Waals surface area (Å²) >= 11 is 0. The van der Waals surface area contributed by atoms with E-state index in [4.69, 9.17) is 0 Å². The summed E-state index contributed by atoms with van der Waals surface area (Å²) in [5.41, 5.74) is 2.40. The predicted octanol–water partition coefficient (Wildman–Crippen LogP) is 4.48. The van der Waals surface area contributed by atoms with Gasteiger partial charge in [0.2, 0.25) is 0 Å². The molecule has 1 heterocycles. The highest BCUT2D eigenvalue weighted by atomic mass is 16.3. The van der Waals surface area contributed by atoms with Crippen molar-refractivity contribution in [2.45, 2.75) is 45.6 Å². The van der Waals surface area contributed by atoms with Gasteiger partial charge < -0.3 is 5.11 Å². The number of nitrogens with zero attached hydrogens (tertiary/aromatic N) is 1. The van der Waals surface area contributed by atoms with Crippen LogP contribution in [0.1, 0.15) is 51.2 Å². The van der Waals surface area contributed by atoms with E-state index in [1.807, 2.05) is 24.4 Å². The molecule has 20 heavy (non-hydrogen) atoms. The Balaban J connectivity index is 1.80. The van der Waals surface area contributed by atoms with Crippen molar-refractivity contribution in [2.24, 2.45) is 11.3 Å². The lowest BCUT2D eigenvalue weighted by Crippen LogP contribution is -2.25. The number of aliphatic hydroxyl groups excluding tert-OH is 1. The largest absolute Gasteiger partial charge is 0.388 e. The minimum Gasteiger partial charge on any atom is -0.388 e. The van der Waals surface area contributed by atoms with E-state index in [1.165, 1.54) is 12.8 Å². The van der Waals surface area contributed by atoms with Crippen LogP contribution >= 0.6 is 0 Å². The van der Waals surface area contributed by atoms with Crippen molar-refractivity contribution in [2.75, 3.05) is 0 Å². The van der Waals surface area contributed by atoms with Crippen molar-refractivity contribution in [3.8, 4) is 0 Å². The predicted molar refractivity (Wildman–Crippen MR) is 82.4 cm³/mol. The summed E-state index contributed by atoms with van der Waals surface area (Å²) in [6.45, 7) is 4.65. The minimum atomic E-state index is -0.372. The molecule has 1 atom stereocenters. The number of hydrogen-bond donors (Lipinski definition) is 1. The zero-order valence-corrected chi connectivity index (χ0v) is 12.3. The molecule has 1 saturated carbocycles. The lowest BCUT2D eigenvalue weighted by molar-refractivity contribution is 0.0566. The Hall–Kier alpha value is -1.41. The number of para-hydroxylation sites is 1. The fourth-order valence-corrected chi connectivity index (χ4v) is 3.26. The van der Waals surface area contributed by atoms with Crippen LogP contribution in [0, 0.1) is 11.3 Å². The molecule has 106 valence electrons. The molecule has 1 fully saturated rings. The molecule has 1 N–H and O–H groups in total. The number of aromatic nitrogens is 1. The first-order valence-electron chi connectivity index (χ1n) is 7.58. The maximum absolute atomic E-state index is 10.6. The molecule has 2 heteroatoms. The van der Waals surface area contributed by atoms with Gasteiger partial charge >= 0.3 is 0 Å². The standard InChI is InChI=1S/C18H23NO/c1-18(2)9-7-13(8-10-18)17(20)15-11-14-5-3-4-6-16(14)19-12-15/h3-6,11-13,17,20H,7-10H2,1-2H3. The molecular formula is C18H23NO. The molecule has 2 aromatic rings. The zero-order chi connectivity index (χ0) is 14.2. The first-order chi connectivity index (χ1) is 9.55. The van der Waals surface area contributed by atoms with Gasteiger partial charge in [0.15, 0.2) is 0 Å². The van der Waals surface area contributed by atoms with Crippen molar-refractivity contribution in [1.82, 2.24) is 4.98 Å². The summed E-state index contributed by atoms with van der Waals surface area (Å²) in [5.74, 6) is 0.381. The average molecular weight is 269 g/mol. The minimum absolute atomic E-state index is 0.372. The van der Waals surface area contributed by atoms with Crippen molar-refractivity contribution in [1.29, 1.82) is 0 Å². The monoisotopic (exact) mass is 269 g/mol. The fraction of sp³-hybridized carbons (Fsp3) is 0.500. The van der Waals surface area contributed by atoms with Gasteiger partial charge in [0.1, 0.15) is 0 Å². The number of benzene rings is 1. The molecule has 3 rings (SSSR count). The van der Waals surface area contributed by atoms with E-state index in [0.29, 0.717) is 11.3 Å². The number of pyridine rings is 1. The summed E-state index contributed by atoms with van der Waals surface area (Å²) < 4.78 is 0. The molecule has 0 radical (unpaired) electrons. The first kappa shape index (κ1) is 13.6. The molecule has 1 aromatic heterocycles. The molecule has 0 saturated heterocycles. The molecule has 1 aliphatic carbocycles. The van der Waals surface area contributed by atoms with E-state index >= 15 is 0 Å². The summed E-state index contributed by atoms with van der Waals surface area (Å²) in [5, 5.41) is 11.7. The topological polar surface area (TPSA) is 33.1 Å². The zero-order valence-electron chi connectivity index (χ0n) is 12.3. The van der Waals surface area contributed by atoms with Gasteiger partial charge in [-0.3, -0.25) is 4.98 Å². The Labute approximate surface area is 120 Å². The van der Waals surface area contributed by atoms with Crippen molar-refractivity contribution >= 4 is 10.9 Å². The van der Waals surface area contributed by atoms with Crippen molar-refractivity contribution in [3.63, 3.8) is 0 Å². The molecule has 0 amide bonds. The molecule has 0 spiro atoms. The van der Waals surface area contributed by atoms with Crippen LogP contribution in [0.5, 0.6) is 0 Å². The molecule has 0 bridgehead atoms. The van der Waals surface area contributed by atoms with Crippen LogP contribution in [0.25, 0.3) is 10.9 Å². The smallest absolute Gasteiger partial charge is 0.0833 e. The van der Waals surface area contributed by atoms with E-state index in [9.17, 15) is 5.11 Å². The maximum Gasteiger partial charge on any atom is 0.0833 e. The third-order valence-corrected chi connectivity index (χ3v) is 4.78. The molecule has 0 aliphatic heterocycles. The van der Waals surface area contributed by atoms with Gasteiger partial charge in [-0.2, -0.15) is 0 Å². The normalized spacial score (nSPS) is 20.9. The van der Waals surface area contributed by atoms with Gasteiger partial charge in [-0.15, -0.1) is 0 Å². The third kappa shape index (κ3) is 2.71.